The van der Waals surface area contributed by atoms with Crippen LogP contribution in [-0.4, -0.2) is 30.3 Å². The van der Waals surface area contributed by atoms with Crippen molar-refractivity contribution in [3.63, 3.8) is 0 Å². The van der Waals surface area contributed by atoms with Gasteiger partial charge < -0.3 is 4.90 Å². The first-order chi connectivity index (χ1) is 9.77. The lowest BCUT2D eigenvalue weighted by atomic mass is 9.97. The van der Waals surface area contributed by atoms with Gasteiger partial charge in [0.15, 0.2) is 0 Å². The highest BCUT2D eigenvalue weighted by Gasteiger charge is 2.33. The summed E-state index contributed by atoms with van der Waals surface area (Å²) in [6, 6.07) is 3.45. The van der Waals surface area contributed by atoms with Crippen molar-refractivity contribution >= 4 is 35.3 Å². The Bertz CT molecular complexity index is 575. The number of halogens is 5. The predicted octanol–water partition coefficient (Wildman–Crippen LogP) is 4.62. The number of carbonyl (C=O) groups excluding carboxylic acids is 1. The quantitative estimate of drug-likeness (QED) is 0.723. The molecule has 0 bridgehead atoms. The SMILES string of the molecule is CN1CCC(=Cc2ccc(C(=O)Cl)cc2C(F)(F)F)CC1.Cl. The number of hydrogen-bond donors (Lipinski definition) is 0. The van der Waals surface area contributed by atoms with Crippen LogP contribution in [0.1, 0.15) is 34.3 Å². The van der Waals surface area contributed by atoms with Crippen LogP contribution in [-0.2, 0) is 6.18 Å². The zero-order chi connectivity index (χ0) is 15.6. The number of alkyl halides is 3. The van der Waals surface area contributed by atoms with E-state index >= 15 is 0 Å². The number of benzene rings is 1. The van der Waals surface area contributed by atoms with Crippen LogP contribution in [0.2, 0.25) is 0 Å². The fourth-order valence-electron chi connectivity index (χ4n) is 2.32. The van der Waals surface area contributed by atoms with E-state index in [1.165, 1.54) is 12.1 Å². The Hall–Kier alpha value is -1.04. The van der Waals surface area contributed by atoms with Crippen molar-refractivity contribution in [1.29, 1.82) is 0 Å². The summed E-state index contributed by atoms with van der Waals surface area (Å²) >= 11 is 5.26. The number of nitrogens with zero attached hydrogens (tertiary/aromatic N) is 1. The average molecular weight is 354 g/mol. The van der Waals surface area contributed by atoms with Crippen LogP contribution in [0.5, 0.6) is 0 Å². The third-order valence-corrected chi connectivity index (χ3v) is 3.79. The molecule has 0 atom stereocenters. The summed E-state index contributed by atoms with van der Waals surface area (Å²) in [5.74, 6) is 0. The van der Waals surface area contributed by atoms with Gasteiger partial charge in [-0.05, 0) is 49.2 Å². The molecule has 1 saturated heterocycles. The molecule has 0 amide bonds. The van der Waals surface area contributed by atoms with E-state index in [9.17, 15) is 18.0 Å². The van der Waals surface area contributed by atoms with Gasteiger partial charge in [-0.1, -0.05) is 17.7 Å². The van der Waals surface area contributed by atoms with E-state index in [1.807, 2.05) is 7.05 Å². The lowest BCUT2D eigenvalue weighted by molar-refractivity contribution is -0.137. The third-order valence-electron chi connectivity index (χ3n) is 3.57. The molecule has 0 aliphatic carbocycles. The molecule has 0 N–H and O–H groups in total. The third kappa shape index (κ3) is 4.73. The Kier molecular flexibility index (Phi) is 6.47. The Morgan fingerprint density at radius 2 is 1.86 bits per heavy atom. The standard InChI is InChI=1S/C15H15ClF3NO.ClH/c1-20-6-4-10(5-7-20)8-11-2-3-12(14(16)21)9-13(11)15(17,18)19;/h2-3,8-9H,4-7H2,1H3;1H. The summed E-state index contributed by atoms with van der Waals surface area (Å²) in [5, 5.41) is -0.890. The molecule has 0 aromatic heterocycles. The van der Waals surface area contributed by atoms with Crippen LogP contribution < -0.4 is 0 Å². The highest BCUT2D eigenvalue weighted by atomic mass is 35.5. The number of likely N-dealkylation sites (tertiary alicyclic amines) is 1. The molecule has 0 spiro atoms. The second kappa shape index (κ2) is 7.49. The second-order valence-electron chi connectivity index (χ2n) is 5.18. The molecular formula is C15H16Cl2F3NO. The minimum atomic E-state index is -4.51. The second-order valence-corrected chi connectivity index (χ2v) is 5.52. The number of piperidine rings is 1. The van der Waals surface area contributed by atoms with Crippen molar-refractivity contribution in [1.82, 2.24) is 4.90 Å². The first kappa shape index (κ1) is 19.0. The van der Waals surface area contributed by atoms with E-state index in [2.05, 4.69) is 4.90 Å². The monoisotopic (exact) mass is 353 g/mol. The fourth-order valence-corrected chi connectivity index (χ4v) is 2.44. The molecule has 1 heterocycles. The zero-order valence-corrected chi connectivity index (χ0v) is 13.5. The van der Waals surface area contributed by atoms with Crippen molar-refractivity contribution < 1.29 is 18.0 Å². The number of rotatable bonds is 2. The van der Waals surface area contributed by atoms with E-state index in [0.717, 1.165) is 37.6 Å². The van der Waals surface area contributed by atoms with Crippen LogP contribution in [0.25, 0.3) is 6.08 Å². The zero-order valence-electron chi connectivity index (χ0n) is 11.9. The molecule has 122 valence electrons. The van der Waals surface area contributed by atoms with Crippen LogP contribution in [0.15, 0.2) is 23.8 Å². The van der Waals surface area contributed by atoms with Gasteiger partial charge in [-0.3, -0.25) is 4.79 Å². The smallest absolute Gasteiger partial charge is 0.306 e. The maximum absolute atomic E-state index is 13.1. The van der Waals surface area contributed by atoms with Crippen molar-refractivity contribution in [3.05, 3.63) is 40.5 Å². The number of hydrogen-bond acceptors (Lipinski definition) is 2. The summed E-state index contributed by atoms with van der Waals surface area (Å²) < 4.78 is 39.3. The van der Waals surface area contributed by atoms with Gasteiger partial charge in [-0.2, -0.15) is 13.2 Å². The molecule has 1 aliphatic heterocycles. The van der Waals surface area contributed by atoms with Gasteiger partial charge in [0, 0.05) is 18.7 Å². The Labute approximate surface area is 138 Å². The largest absolute Gasteiger partial charge is 0.417 e. The van der Waals surface area contributed by atoms with E-state index < -0.39 is 17.0 Å². The molecular weight excluding hydrogens is 338 g/mol. The maximum Gasteiger partial charge on any atom is 0.417 e. The number of carbonyl (C=O) groups is 1. The van der Waals surface area contributed by atoms with Crippen LogP contribution in [0.3, 0.4) is 0 Å². The molecule has 1 aliphatic rings. The molecule has 0 saturated carbocycles. The lowest BCUT2D eigenvalue weighted by Crippen LogP contribution is -2.26. The van der Waals surface area contributed by atoms with Gasteiger partial charge in [-0.25, -0.2) is 0 Å². The van der Waals surface area contributed by atoms with E-state index in [4.69, 9.17) is 11.6 Å². The van der Waals surface area contributed by atoms with E-state index in [0.29, 0.717) is 0 Å². The van der Waals surface area contributed by atoms with Gasteiger partial charge in [0.1, 0.15) is 0 Å². The highest BCUT2D eigenvalue weighted by Crippen LogP contribution is 2.34. The molecule has 7 heteroatoms. The van der Waals surface area contributed by atoms with Crippen molar-refractivity contribution in [3.8, 4) is 0 Å². The normalized spacial score (nSPS) is 16.1. The first-order valence-corrected chi connectivity index (χ1v) is 6.94. The Morgan fingerprint density at radius 1 is 1.27 bits per heavy atom. The summed E-state index contributed by atoms with van der Waals surface area (Å²) in [6.45, 7) is 1.68. The van der Waals surface area contributed by atoms with Crippen LogP contribution >= 0.6 is 24.0 Å². The van der Waals surface area contributed by atoms with Crippen LogP contribution in [0, 0.1) is 0 Å². The minimum Gasteiger partial charge on any atom is -0.306 e. The van der Waals surface area contributed by atoms with E-state index in [1.54, 1.807) is 6.08 Å². The Balaban J connectivity index is 0.00000242. The lowest BCUT2D eigenvalue weighted by Gasteiger charge is -2.24. The molecule has 1 aromatic carbocycles. The summed E-state index contributed by atoms with van der Waals surface area (Å²) in [6.07, 6.45) is -1.42. The average Bonchev–Trinajstić information content (AvgIpc) is 2.40. The maximum atomic E-state index is 13.1. The van der Waals surface area contributed by atoms with Crippen molar-refractivity contribution in [2.75, 3.05) is 20.1 Å². The molecule has 2 rings (SSSR count). The molecule has 22 heavy (non-hydrogen) atoms. The topological polar surface area (TPSA) is 20.3 Å². The first-order valence-electron chi connectivity index (χ1n) is 6.56. The molecule has 1 aromatic rings. The summed E-state index contributed by atoms with van der Waals surface area (Å²) in [4.78, 5) is 13.2. The highest BCUT2D eigenvalue weighted by molar-refractivity contribution is 6.67. The van der Waals surface area contributed by atoms with Gasteiger partial charge in [0.25, 0.3) is 5.24 Å². The minimum absolute atomic E-state index is 0. The summed E-state index contributed by atoms with van der Waals surface area (Å²) in [7, 11) is 1.98. The van der Waals surface area contributed by atoms with Crippen LogP contribution in [0.4, 0.5) is 13.2 Å². The van der Waals surface area contributed by atoms with E-state index in [-0.39, 0.29) is 23.5 Å². The fraction of sp³-hybridized carbons (Fsp3) is 0.400. The Morgan fingerprint density at radius 3 is 2.36 bits per heavy atom. The van der Waals surface area contributed by atoms with Gasteiger partial charge in [-0.15, -0.1) is 12.4 Å². The van der Waals surface area contributed by atoms with Gasteiger partial charge in [0.2, 0.25) is 0 Å². The molecule has 0 unspecified atom stereocenters. The molecule has 2 nitrogen and oxygen atoms in total. The van der Waals surface area contributed by atoms with Crippen molar-refractivity contribution in [2.45, 2.75) is 19.0 Å². The van der Waals surface area contributed by atoms with Crippen molar-refractivity contribution in [2.24, 2.45) is 0 Å². The van der Waals surface area contributed by atoms with Gasteiger partial charge in [0.05, 0.1) is 5.56 Å². The predicted molar refractivity (Wildman–Crippen MR) is 83.6 cm³/mol. The molecule has 1 fully saturated rings. The van der Waals surface area contributed by atoms with Gasteiger partial charge >= 0.3 is 6.18 Å². The molecule has 0 radical (unpaired) electrons. The summed E-state index contributed by atoms with van der Waals surface area (Å²) in [5.41, 5.74) is 0.113.